The van der Waals surface area contributed by atoms with Crippen molar-refractivity contribution in [2.24, 2.45) is 0 Å². The van der Waals surface area contributed by atoms with Crippen LogP contribution in [0.3, 0.4) is 0 Å². The minimum atomic E-state index is -0.00115. The third kappa shape index (κ3) is 3.59. The van der Waals surface area contributed by atoms with Crippen molar-refractivity contribution >= 4 is 27.5 Å². The number of aryl methyl sites for hydroxylation is 3. The lowest BCUT2D eigenvalue weighted by atomic mass is 9.97. The molecule has 0 spiro atoms. The predicted octanol–water partition coefficient (Wildman–Crippen LogP) is 4.94. The van der Waals surface area contributed by atoms with Gasteiger partial charge in [0.2, 0.25) is 5.91 Å². The van der Waals surface area contributed by atoms with Gasteiger partial charge in [0.1, 0.15) is 4.83 Å². The lowest BCUT2D eigenvalue weighted by Crippen LogP contribution is -2.31. The number of aromatic nitrogens is 2. The summed E-state index contributed by atoms with van der Waals surface area (Å²) in [4.78, 5) is 35.2. The van der Waals surface area contributed by atoms with Crippen molar-refractivity contribution in [1.82, 2.24) is 14.5 Å². The van der Waals surface area contributed by atoms with Crippen LogP contribution in [-0.4, -0.2) is 20.4 Å². The van der Waals surface area contributed by atoms with Gasteiger partial charge >= 0.3 is 0 Å². The molecule has 3 heterocycles. The zero-order chi connectivity index (χ0) is 22.4. The van der Waals surface area contributed by atoms with Crippen LogP contribution in [0, 0.1) is 0 Å². The third-order valence-corrected chi connectivity index (χ3v) is 8.11. The summed E-state index contributed by atoms with van der Waals surface area (Å²) >= 11 is 1.66. The minimum Gasteiger partial charge on any atom is -0.334 e. The van der Waals surface area contributed by atoms with Gasteiger partial charge in [0.25, 0.3) is 5.56 Å². The van der Waals surface area contributed by atoms with E-state index in [9.17, 15) is 9.59 Å². The van der Waals surface area contributed by atoms with Crippen LogP contribution in [0.25, 0.3) is 21.3 Å². The zero-order valence-electron chi connectivity index (χ0n) is 18.4. The van der Waals surface area contributed by atoms with Crippen LogP contribution < -0.4 is 5.56 Å². The van der Waals surface area contributed by atoms with Crippen LogP contribution in [-0.2, 0) is 37.3 Å². The van der Waals surface area contributed by atoms with Crippen molar-refractivity contribution in [2.75, 3.05) is 0 Å². The Kier molecular flexibility index (Phi) is 5.10. The Labute approximate surface area is 196 Å². The second-order valence-corrected chi connectivity index (χ2v) is 10.0. The number of fused-ring (bicyclic) bond motifs is 6. The van der Waals surface area contributed by atoms with Gasteiger partial charge in [0.05, 0.1) is 11.7 Å². The smallest absolute Gasteiger partial charge is 0.262 e. The first-order valence-corrected chi connectivity index (χ1v) is 12.4. The molecular formula is C27H25N3O2S. The number of benzene rings is 2. The molecule has 166 valence electrons. The quantitative estimate of drug-likeness (QED) is 0.440. The number of carbonyl (C=O) groups is 1. The summed E-state index contributed by atoms with van der Waals surface area (Å²) in [6.45, 7) is 1.51. The monoisotopic (exact) mass is 455 g/mol. The summed E-state index contributed by atoms with van der Waals surface area (Å²) in [7, 11) is 0. The fourth-order valence-electron chi connectivity index (χ4n) is 5.20. The van der Waals surface area contributed by atoms with Gasteiger partial charge in [-0.3, -0.25) is 14.2 Å². The van der Waals surface area contributed by atoms with E-state index in [1.165, 1.54) is 28.0 Å². The van der Waals surface area contributed by atoms with Gasteiger partial charge in [0.15, 0.2) is 0 Å². The highest BCUT2D eigenvalue weighted by atomic mass is 32.1. The fourth-order valence-corrected chi connectivity index (χ4v) is 6.42. The maximum absolute atomic E-state index is 13.3. The Morgan fingerprint density at radius 2 is 1.61 bits per heavy atom. The first kappa shape index (κ1) is 20.4. The SMILES string of the molecule is O=C(CCn1cnc2sc3c(c2c1=O)CCCC3)N1Cc2ccccc2-c2ccccc2C1. The van der Waals surface area contributed by atoms with Crippen molar-refractivity contribution in [2.45, 2.75) is 51.7 Å². The lowest BCUT2D eigenvalue weighted by Gasteiger charge is -2.22. The Balaban J connectivity index is 1.26. The number of rotatable bonds is 3. The largest absolute Gasteiger partial charge is 0.334 e. The zero-order valence-corrected chi connectivity index (χ0v) is 19.2. The van der Waals surface area contributed by atoms with Crippen molar-refractivity contribution in [1.29, 1.82) is 0 Å². The molecule has 0 saturated carbocycles. The average Bonchev–Trinajstić information content (AvgIpc) is 3.14. The van der Waals surface area contributed by atoms with E-state index in [4.69, 9.17) is 0 Å². The van der Waals surface area contributed by atoms with Gasteiger partial charge in [0, 0.05) is 30.9 Å². The van der Waals surface area contributed by atoms with Crippen LogP contribution >= 0.6 is 11.3 Å². The first-order valence-electron chi connectivity index (χ1n) is 11.6. The van der Waals surface area contributed by atoms with E-state index < -0.39 is 0 Å². The number of thiophene rings is 1. The summed E-state index contributed by atoms with van der Waals surface area (Å²) < 4.78 is 1.63. The van der Waals surface area contributed by atoms with E-state index in [1.54, 1.807) is 22.2 Å². The van der Waals surface area contributed by atoms with E-state index in [0.717, 1.165) is 40.6 Å². The molecule has 6 rings (SSSR count). The molecule has 0 bridgehead atoms. The van der Waals surface area contributed by atoms with Crippen LogP contribution in [0.5, 0.6) is 0 Å². The molecule has 0 radical (unpaired) electrons. The van der Waals surface area contributed by atoms with Crippen LogP contribution in [0.1, 0.15) is 40.8 Å². The second kappa shape index (κ2) is 8.27. The first-order chi connectivity index (χ1) is 16.2. The second-order valence-electron chi connectivity index (χ2n) is 8.95. The van der Waals surface area contributed by atoms with Crippen LogP contribution in [0.15, 0.2) is 59.7 Å². The van der Waals surface area contributed by atoms with E-state index in [2.05, 4.69) is 29.2 Å². The summed E-state index contributed by atoms with van der Waals surface area (Å²) in [5, 5.41) is 0.780. The molecule has 0 atom stereocenters. The van der Waals surface area contributed by atoms with Crippen molar-refractivity contribution in [3.8, 4) is 11.1 Å². The number of carbonyl (C=O) groups excluding carboxylic acids is 1. The fraction of sp³-hybridized carbons (Fsp3) is 0.296. The average molecular weight is 456 g/mol. The van der Waals surface area contributed by atoms with Gasteiger partial charge in [-0.1, -0.05) is 48.5 Å². The number of nitrogens with zero attached hydrogens (tertiary/aromatic N) is 3. The van der Waals surface area contributed by atoms with Gasteiger partial charge < -0.3 is 4.90 Å². The highest BCUT2D eigenvalue weighted by Crippen LogP contribution is 2.34. The van der Waals surface area contributed by atoms with Gasteiger partial charge in [-0.25, -0.2) is 4.98 Å². The predicted molar refractivity (Wildman–Crippen MR) is 131 cm³/mol. The van der Waals surface area contributed by atoms with E-state index >= 15 is 0 Å². The lowest BCUT2D eigenvalue weighted by molar-refractivity contribution is -0.132. The standard InChI is InChI=1S/C27H25N3O2S/c31-24(30-15-18-7-1-3-9-20(18)21-10-4-2-8-19(21)16-30)13-14-29-17-28-26-25(27(29)32)22-11-5-6-12-23(22)33-26/h1-4,7-10,17H,5-6,11-16H2. The molecule has 1 aliphatic heterocycles. The van der Waals surface area contributed by atoms with Crippen molar-refractivity contribution < 1.29 is 4.79 Å². The Morgan fingerprint density at radius 3 is 2.33 bits per heavy atom. The summed E-state index contributed by atoms with van der Waals surface area (Å²) in [6, 6.07) is 16.6. The normalized spacial score (nSPS) is 15.0. The Morgan fingerprint density at radius 1 is 0.939 bits per heavy atom. The summed E-state index contributed by atoms with van der Waals surface area (Å²) in [5.74, 6) is 0.0563. The number of hydrogen-bond donors (Lipinski definition) is 0. The molecule has 2 aromatic heterocycles. The highest BCUT2D eigenvalue weighted by molar-refractivity contribution is 7.18. The highest BCUT2D eigenvalue weighted by Gasteiger charge is 2.23. The molecule has 0 unspecified atom stereocenters. The molecule has 33 heavy (non-hydrogen) atoms. The van der Waals surface area contributed by atoms with Crippen LogP contribution in [0.4, 0.5) is 0 Å². The topological polar surface area (TPSA) is 55.2 Å². The van der Waals surface area contributed by atoms with Gasteiger partial charge in [-0.15, -0.1) is 11.3 Å². The van der Waals surface area contributed by atoms with E-state index in [0.29, 0.717) is 19.6 Å². The Hall–Kier alpha value is -3.25. The van der Waals surface area contributed by atoms with E-state index in [1.807, 2.05) is 29.2 Å². The van der Waals surface area contributed by atoms with E-state index in [-0.39, 0.29) is 17.9 Å². The maximum Gasteiger partial charge on any atom is 0.262 e. The molecular weight excluding hydrogens is 430 g/mol. The number of hydrogen-bond acceptors (Lipinski definition) is 4. The van der Waals surface area contributed by atoms with Crippen LogP contribution in [0.2, 0.25) is 0 Å². The molecule has 0 fully saturated rings. The summed E-state index contributed by atoms with van der Waals surface area (Å²) in [5.41, 5.74) is 5.88. The molecule has 1 amide bonds. The molecule has 0 N–H and O–H groups in total. The summed E-state index contributed by atoms with van der Waals surface area (Å²) in [6.07, 6.45) is 6.22. The molecule has 4 aromatic rings. The Bertz CT molecular complexity index is 1390. The molecule has 2 aromatic carbocycles. The minimum absolute atomic E-state index is 0.00115. The van der Waals surface area contributed by atoms with Gasteiger partial charge in [-0.2, -0.15) is 0 Å². The van der Waals surface area contributed by atoms with Gasteiger partial charge in [-0.05, 0) is 53.5 Å². The third-order valence-electron chi connectivity index (χ3n) is 6.91. The van der Waals surface area contributed by atoms with Crippen molar-refractivity contribution in [3.05, 3.63) is 86.8 Å². The molecule has 1 aliphatic carbocycles. The molecule has 2 aliphatic rings. The molecule has 5 nitrogen and oxygen atoms in total. The van der Waals surface area contributed by atoms with Crippen molar-refractivity contribution in [3.63, 3.8) is 0 Å². The molecule has 6 heteroatoms. The molecule has 0 saturated heterocycles. The maximum atomic E-state index is 13.3. The number of amides is 1.